The number of amides is 2. The zero-order valence-corrected chi connectivity index (χ0v) is 21.0. The van der Waals surface area contributed by atoms with Crippen molar-refractivity contribution in [3.63, 3.8) is 0 Å². The average molecular weight is 492 g/mol. The molecule has 0 bridgehead atoms. The summed E-state index contributed by atoms with van der Waals surface area (Å²) in [6.45, 7) is 8.46. The molecule has 1 heterocycles. The van der Waals surface area contributed by atoms with E-state index in [9.17, 15) is 9.59 Å². The standard InChI is InChI=1S/C28H30ClN3O3/c1-19(2)35-23-9-6-8-21(17-23)27(33)30-22-11-12-26(25(29)18-22)31-13-15-32(16-14-31)28(34)24-10-5-4-7-20(24)3/h4-12,17-19H,13-16H2,1-3H3,(H,30,33). The molecule has 0 saturated carbocycles. The Bertz CT molecular complexity index is 1220. The fraction of sp³-hybridized carbons (Fsp3) is 0.286. The van der Waals surface area contributed by atoms with Gasteiger partial charge in [-0.3, -0.25) is 9.59 Å². The lowest BCUT2D eigenvalue weighted by Gasteiger charge is -2.36. The van der Waals surface area contributed by atoms with Gasteiger partial charge < -0.3 is 19.9 Å². The van der Waals surface area contributed by atoms with E-state index in [1.165, 1.54) is 0 Å². The molecule has 0 aliphatic carbocycles. The van der Waals surface area contributed by atoms with Gasteiger partial charge in [0.1, 0.15) is 5.75 Å². The van der Waals surface area contributed by atoms with Gasteiger partial charge in [-0.2, -0.15) is 0 Å². The van der Waals surface area contributed by atoms with E-state index in [-0.39, 0.29) is 17.9 Å². The molecule has 0 radical (unpaired) electrons. The maximum atomic E-state index is 12.9. The molecule has 2 amide bonds. The van der Waals surface area contributed by atoms with Crippen molar-refractivity contribution in [2.45, 2.75) is 26.9 Å². The second-order valence-electron chi connectivity index (χ2n) is 8.91. The Labute approximate surface area is 211 Å². The van der Waals surface area contributed by atoms with Gasteiger partial charge in [-0.15, -0.1) is 0 Å². The monoisotopic (exact) mass is 491 g/mol. The number of anilines is 2. The first-order valence-electron chi connectivity index (χ1n) is 11.8. The van der Waals surface area contributed by atoms with Crippen molar-refractivity contribution in [3.8, 4) is 5.75 Å². The summed E-state index contributed by atoms with van der Waals surface area (Å²) in [4.78, 5) is 29.7. The molecule has 0 aromatic heterocycles. The molecule has 0 spiro atoms. The lowest BCUT2D eigenvalue weighted by atomic mass is 10.1. The maximum absolute atomic E-state index is 12.9. The lowest BCUT2D eigenvalue weighted by Crippen LogP contribution is -2.49. The molecule has 0 atom stereocenters. The van der Waals surface area contributed by atoms with E-state index >= 15 is 0 Å². The summed E-state index contributed by atoms with van der Waals surface area (Å²) in [5, 5.41) is 3.46. The maximum Gasteiger partial charge on any atom is 0.255 e. The highest BCUT2D eigenvalue weighted by molar-refractivity contribution is 6.33. The molecular weight excluding hydrogens is 462 g/mol. The molecule has 0 unspecified atom stereocenters. The van der Waals surface area contributed by atoms with Crippen molar-refractivity contribution in [2.75, 3.05) is 36.4 Å². The first-order valence-corrected chi connectivity index (χ1v) is 12.2. The molecule has 1 N–H and O–H groups in total. The minimum atomic E-state index is -0.230. The molecule has 3 aromatic rings. The van der Waals surface area contributed by atoms with Gasteiger partial charge in [0.2, 0.25) is 0 Å². The highest BCUT2D eigenvalue weighted by atomic mass is 35.5. The van der Waals surface area contributed by atoms with Gasteiger partial charge in [0.25, 0.3) is 11.8 Å². The van der Waals surface area contributed by atoms with Crippen LogP contribution in [0.25, 0.3) is 0 Å². The van der Waals surface area contributed by atoms with Gasteiger partial charge in [0, 0.05) is 43.0 Å². The Morgan fingerprint density at radius 2 is 1.69 bits per heavy atom. The number of carbonyl (C=O) groups excluding carboxylic acids is 2. The molecule has 182 valence electrons. The van der Waals surface area contributed by atoms with Crippen LogP contribution >= 0.6 is 11.6 Å². The van der Waals surface area contributed by atoms with E-state index in [0.717, 1.165) is 16.8 Å². The van der Waals surface area contributed by atoms with E-state index < -0.39 is 0 Å². The third-order valence-electron chi connectivity index (χ3n) is 5.96. The second kappa shape index (κ2) is 10.8. The van der Waals surface area contributed by atoms with Crippen LogP contribution in [-0.4, -0.2) is 49.0 Å². The molecule has 1 aliphatic heterocycles. The highest BCUT2D eigenvalue weighted by Crippen LogP contribution is 2.30. The normalized spacial score (nSPS) is 13.6. The topological polar surface area (TPSA) is 61.9 Å². The van der Waals surface area contributed by atoms with Gasteiger partial charge >= 0.3 is 0 Å². The largest absolute Gasteiger partial charge is 0.491 e. The van der Waals surface area contributed by atoms with Crippen LogP contribution in [0.3, 0.4) is 0 Å². The minimum Gasteiger partial charge on any atom is -0.491 e. The van der Waals surface area contributed by atoms with Gasteiger partial charge in [0.05, 0.1) is 16.8 Å². The quantitative estimate of drug-likeness (QED) is 0.484. The summed E-state index contributed by atoms with van der Waals surface area (Å²) >= 11 is 6.60. The van der Waals surface area contributed by atoms with Crippen LogP contribution in [-0.2, 0) is 0 Å². The second-order valence-corrected chi connectivity index (χ2v) is 9.32. The van der Waals surface area contributed by atoms with Crippen molar-refractivity contribution in [1.82, 2.24) is 4.90 Å². The van der Waals surface area contributed by atoms with Crippen molar-refractivity contribution < 1.29 is 14.3 Å². The molecule has 1 saturated heterocycles. The molecule has 1 aliphatic rings. The van der Waals surface area contributed by atoms with E-state index in [4.69, 9.17) is 16.3 Å². The summed E-state index contributed by atoms with van der Waals surface area (Å²) < 4.78 is 5.68. The summed E-state index contributed by atoms with van der Waals surface area (Å²) in [7, 11) is 0. The zero-order valence-electron chi connectivity index (χ0n) is 20.3. The minimum absolute atomic E-state index is 0.0297. The number of nitrogens with zero attached hydrogens (tertiary/aromatic N) is 2. The third kappa shape index (κ3) is 5.95. The van der Waals surface area contributed by atoms with Crippen molar-refractivity contribution in [1.29, 1.82) is 0 Å². The average Bonchev–Trinajstić information content (AvgIpc) is 2.84. The fourth-order valence-corrected chi connectivity index (χ4v) is 4.46. The summed E-state index contributed by atoms with van der Waals surface area (Å²) in [6.07, 6.45) is 0.0297. The Kier molecular flexibility index (Phi) is 7.61. The van der Waals surface area contributed by atoms with Gasteiger partial charge in [-0.05, 0) is 68.8 Å². The number of halogens is 1. The van der Waals surface area contributed by atoms with E-state index in [0.29, 0.717) is 48.2 Å². The smallest absolute Gasteiger partial charge is 0.255 e. The van der Waals surface area contributed by atoms with Crippen LogP contribution in [0, 0.1) is 6.92 Å². The Balaban J connectivity index is 1.38. The van der Waals surface area contributed by atoms with Crippen LogP contribution < -0.4 is 15.0 Å². The van der Waals surface area contributed by atoms with Crippen LogP contribution in [0.15, 0.2) is 66.7 Å². The summed E-state index contributed by atoms with van der Waals surface area (Å²) in [5.74, 6) is 0.488. The van der Waals surface area contributed by atoms with E-state index in [1.54, 1.807) is 24.3 Å². The Morgan fingerprint density at radius 3 is 2.37 bits per heavy atom. The summed E-state index contributed by atoms with van der Waals surface area (Å²) in [6, 6.07) is 20.3. The van der Waals surface area contributed by atoms with Gasteiger partial charge in [0.15, 0.2) is 0 Å². The number of aryl methyl sites for hydroxylation is 1. The first-order chi connectivity index (χ1) is 16.8. The zero-order chi connectivity index (χ0) is 24.9. The van der Waals surface area contributed by atoms with Crippen LogP contribution in [0.4, 0.5) is 11.4 Å². The Morgan fingerprint density at radius 1 is 0.943 bits per heavy atom. The SMILES string of the molecule is Cc1ccccc1C(=O)N1CCN(c2ccc(NC(=O)c3cccc(OC(C)C)c3)cc2Cl)CC1. The molecule has 3 aromatic carbocycles. The van der Waals surface area contributed by atoms with Crippen LogP contribution in [0.5, 0.6) is 5.75 Å². The number of ether oxygens (including phenoxy) is 1. The van der Waals surface area contributed by atoms with Crippen LogP contribution in [0.1, 0.15) is 40.1 Å². The van der Waals surface area contributed by atoms with Crippen LogP contribution in [0.2, 0.25) is 5.02 Å². The van der Waals surface area contributed by atoms with Crippen molar-refractivity contribution in [3.05, 3.63) is 88.4 Å². The molecule has 6 nitrogen and oxygen atoms in total. The fourth-order valence-electron chi connectivity index (χ4n) is 4.16. The lowest BCUT2D eigenvalue weighted by molar-refractivity contribution is 0.0746. The first kappa shape index (κ1) is 24.6. The molecule has 7 heteroatoms. The number of hydrogen-bond acceptors (Lipinski definition) is 4. The van der Waals surface area contributed by atoms with Gasteiger partial charge in [-0.1, -0.05) is 35.9 Å². The number of hydrogen-bond donors (Lipinski definition) is 1. The highest BCUT2D eigenvalue weighted by Gasteiger charge is 2.24. The predicted molar refractivity (Wildman–Crippen MR) is 141 cm³/mol. The number of nitrogens with one attached hydrogen (secondary N) is 1. The molecule has 35 heavy (non-hydrogen) atoms. The van der Waals surface area contributed by atoms with Gasteiger partial charge in [-0.25, -0.2) is 0 Å². The van der Waals surface area contributed by atoms with Crippen molar-refractivity contribution in [2.24, 2.45) is 0 Å². The number of carbonyl (C=O) groups is 2. The molecular formula is C28H30ClN3O3. The number of piperazine rings is 1. The molecule has 1 fully saturated rings. The number of rotatable bonds is 6. The number of benzene rings is 3. The predicted octanol–water partition coefficient (Wildman–Crippen LogP) is 5.65. The Hall–Kier alpha value is -3.51. The van der Waals surface area contributed by atoms with Crippen molar-refractivity contribution >= 4 is 34.8 Å². The summed E-state index contributed by atoms with van der Waals surface area (Å²) in [5.41, 5.74) is 3.75. The third-order valence-corrected chi connectivity index (χ3v) is 6.26. The molecule has 4 rings (SSSR count). The van der Waals surface area contributed by atoms with E-state index in [2.05, 4.69) is 10.2 Å². The van der Waals surface area contributed by atoms with E-state index in [1.807, 2.05) is 68.1 Å².